The largest absolute Gasteiger partial charge is 0.492 e. The number of carbonyl (C=O) groups is 1. The molecular formula is C26H36ClN3O2. The molecule has 1 heterocycles. The first-order valence-corrected chi connectivity index (χ1v) is 11.5. The Balaban J connectivity index is 0.00000289. The molecule has 2 aromatic rings. The zero-order valence-corrected chi connectivity index (χ0v) is 20.0. The van der Waals surface area contributed by atoms with Gasteiger partial charge in [0.2, 0.25) is 5.91 Å². The fraction of sp³-hybridized carbons (Fsp3) is 0.500. The predicted molar refractivity (Wildman–Crippen MR) is 132 cm³/mol. The number of rotatable bonds is 9. The lowest BCUT2D eigenvalue weighted by Gasteiger charge is -2.32. The van der Waals surface area contributed by atoms with Crippen molar-refractivity contribution in [3.05, 3.63) is 65.7 Å². The minimum atomic E-state index is 0. The van der Waals surface area contributed by atoms with E-state index < -0.39 is 0 Å². The number of ether oxygens (including phenoxy) is 1. The van der Waals surface area contributed by atoms with E-state index in [2.05, 4.69) is 40.5 Å². The van der Waals surface area contributed by atoms with E-state index in [-0.39, 0.29) is 18.3 Å². The number of halogens is 1. The third-order valence-corrected chi connectivity index (χ3v) is 6.51. The molecule has 2 fully saturated rings. The Morgan fingerprint density at radius 2 is 1.75 bits per heavy atom. The van der Waals surface area contributed by atoms with Crippen LogP contribution in [0.15, 0.2) is 54.6 Å². The van der Waals surface area contributed by atoms with E-state index >= 15 is 0 Å². The van der Waals surface area contributed by atoms with Crippen LogP contribution in [-0.2, 0) is 11.2 Å². The topological polar surface area (TPSA) is 44.8 Å². The highest BCUT2D eigenvalue weighted by atomic mass is 35.5. The van der Waals surface area contributed by atoms with Gasteiger partial charge in [-0.3, -0.25) is 9.69 Å². The molecule has 4 rings (SSSR count). The van der Waals surface area contributed by atoms with Crippen LogP contribution in [0.4, 0.5) is 0 Å². The Morgan fingerprint density at radius 3 is 2.41 bits per heavy atom. The summed E-state index contributed by atoms with van der Waals surface area (Å²) in [7, 11) is 3.57. The minimum Gasteiger partial charge on any atom is -0.492 e. The van der Waals surface area contributed by atoms with E-state index in [0.717, 1.165) is 30.9 Å². The first-order chi connectivity index (χ1) is 15.1. The van der Waals surface area contributed by atoms with Crippen LogP contribution in [0.1, 0.15) is 36.3 Å². The Bertz CT molecular complexity index is 836. The van der Waals surface area contributed by atoms with Crippen molar-refractivity contribution in [1.29, 1.82) is 0 Å². The summed E-state index contributed by atoms with van der Waals surface area (Å²) in [5.74, 6) is 1.70. The van der Waals surface area contributed by atoms with E-state index in [1.807, 2.05) is 24.3 Å². The first kappa shape index (κ1) is 24.6. The van der Waals surface area contributed by atoms with Crippen molar-refractivity contribution >= 4 is 18.3 Å². The van der Waals surface area contributed by atoms with Gasteiger partial charge >= 0.3 is 0 Å². The molecule has 1 N–H and O–H groups in total. The van der Waals surface area contributed by atoms with Gasteiger partial charge in [0, 0.05) is 38.6 Å². The molecule has 1 amide bonds. The molecule has 2 aromatic carbocycles. The number of piperidine rings is 1. The standard InChI is InChI=1S/C26H35N3O2.ClH/c1-28(2)26(30)18-20-8-10-23(11-9-20)31-17-16-29-14-12-22(13-15-29)27-25-19-24(25)21-6-4-3-5-7-21;/h3-11,22,24-25,27H,12-19H2,1-2H3;1H/t24-,25+;/m0./s1. The minimum absolute atomic E-state index is 0. The van der Waals surface area contributed by atoms with Gasteiger partial charge in [0.05, 0.1) is 6.42 Å². The van der Waals surface area contributed by atoms with Crippen LogP contribution in [0.3, 0.4) is 0 Å². The predicted octanol–water partition coefficient (Wildman–Crippen LogP) is 3.73. The number of carbonyl (C=O) groups excluding carboxylic acids is 1. The highest BCUT2D eigenvalue weighted by Gasteiger charge is 2.39. The molecule has 1 saturated heterocycles. The molecule has 1 aliphatic heterocycles. The van der Waals surface area contributed by atoms with E-state index in [9.17, 15) is 4.79 Å². The average Bonchev–Trinajstić information content (AvgIpc) is 3.56. The average molecular weight is 458 g/mol. The summed E-state index contributed by atoms with van der Waals surface area (Å²) >= 11 is 0. The number of amides is 1. The number of nitrogens with zero attached hydrogens (tertiary/aromatic N) is 2. The third kappa shape index (κ3) is 6.96. The lowest BCUT2D eigenvalue weighted by molar-refractivity contribution is -0.127. The maximum atomic E-state index is 11.8. The SMILES string of the molecule is CN(C)C(=O)Cc1ccc(OCCN2CCC(N[C@@H]3C[C@H]3c3ccccc3)CC2)cc1.Cl. The van der Waals surface area contributed by atoms with Gasteiger partial charge in [0.15, 0.2) is 0 Å². The fourth-order valence-corrected chi connectivity index (χ4v) is 4.40. The second-order valence-electron chi connectivity index (χ2n) is 9.10. The molecule has 0 aromatic heterocycles. The first-order valence-electron chi connectivity index (χ1n) is 11.5. The van der Waals surface area contributed by atoms with Gasteiger partial charge < -0.3 is 15.0 Å². The molecule has 2 atom stereocenters. The maximum Gasteiger partial charge on any atom is 0.226 e. The number of likely N-dealkylation sites (N-methyl/N-ethyl adjacent to an activating group) is 1. The lowest BCUT2D eigenvalue weighted by Crippen LogP contribution is -2.44. The number of hydrogen-bond donors (Lipinski definition) is 1. The molecular weight excluding hydrogens is 422 g/mol. The Morgan fingerprint density at radius 1 is 1.06 bits per heavy atom. The van der Waals surface area contributed by atoms with Crippen molar-refractivity contribution in [3.63, 3.8) is 0 Å². The van der Waals surface area contributed by atoms with Gasteiger partial charge in [-0.05, 0) is 55.6 Å². The van der Waals surface area contributed by atoms with Crippen molar-refractivity contribution < 1.29 is 9.53 Å². The van der Waals surface area contributed by atoms with Crippen molar-refractivity contribution in [2.24, 2.45) is 0 Å². The van der Waals surface area contributed by atoms with Crippen LogP contribution in [0.25, 0.3) is 0 Å². The van der Waals surface area contributed by atoms with E-state index in [4.69, 9.17) is 4.74 Å². The van der Waals surface area contributed by atoms with Crippen molar-refractivity contribution in [3.8, 4) is 5.75 Å². The monoisotopic (exact) mass is 457 g/mol. The summed E-state index contributed by atoms with van der Waals surface area (Å²) in [5, 5.41) is 3.88. The fourth-order valence-electron chi connectivity index (χ4n) is 4.40. The summed E-state index contributed by atoms with van der Waals surface area (Å²) < 4.78 is 5.93. The number of likely N-dealkylation sites (tertiary alicyclic amines) is 1. The zero-order chi connectivity index (χ0) is 21.6. The van der Waals surface area contributed by atoms with Crippen LogP contribution in [0.2, 0.25) is 0 Å². The molecule has 0 bridgehead atoms. The second-order valence-corrected chi connectivity index (χ2v) is 9.10. The molecule has 1 aliphatic carbocycles. The van der Waals surface area contributed by atoms with Gasteiger partial charge in [-0.15, -0.1) is 12.4 Å². The highest BCUT2D eigenvalue weighted by Crippen LogP contribution is 2.41. The summed E-state index contributed by atoms with van der Waals surface area (Å²) in [6.07, 6.45) is 4.14. The van der Waals surface area contributed by atoms with Gasteiger partial charge in [0.1, 0.15) is 12.4 Å². The van der Waals surface area contributed by atoms with Crippen LogP contribution in [0, 0.1) is 0 Å². The molecule has 0 radical (unpaired) electrons. The Hall–Kier alpha value is -2.08. The molecule has 32 heavy (non-hydrogen) atoms. The third-order valence-electron chi connectivity index (χ3n) is 6.51. The summed E-state index contributed by atoms with van der Waals surface area (Å²) in [4.78, 5) is 15.9. The summed E-state index contributed by atoms with van der Waals surface area (Å²) in [6, 6.07) is 20.1. The van der Waals surface area contributed by atoms with E-state index in [0.29, 0.717) is 31.0 Å². The number of nitrogens with one attached hydrogen (secondary N) is 1. The zero-order valence-electron chi connectivity index (χ0n) is 19.2. The van der Waals surface area contributed by atoms with Crippen molar-refractivity contribution in [1.82, 2.24) is 15.1 Å². The second kappa shape index (κ2) is 11.7. The van der Waals surface area contributed by atoms with Crippen LogP contribution in [-0.4, -0.2) is 68.1 Å². The molecule has 6 heteroatoms. The Labute approximate surface area is 198 Å². The van der Waals surface area contributed by atoms with Crippen LogP contribution >= 0.6 is 12.4 Å². The molecule has 2 aliphatic rings. The van der Waals surface area contributed by atoms with Gasteiger partial charge in [0.25, 0.3) is 0 Å². The number of benzene rings is 2. The van der Waals surface area contributed by atoms with Gasteiger partial charge in [-0.25, -0.2) is 0 Å². The Kier molecular flexibility index (Phi) is 8.97. The molecule has 174 valence electrons. The van der Waals surface area contributed by atoms with Crippen molar-refractivity contribution in [2.75, 3.05) is 40.3 Å². The lowest BCUT2D eigenvalue weighted by atomic mass is 10.0. The van der Waals surface area contributed by atoms with Gasteiger partial charge in [-0.1, -0.05) is 42.5 Å². The highest BCUT2D eigenvalue weighted by molar-refractivity contribution is 5.85. The van der Waals surface area contributed by atoms with Crippen LogP contribution in [0.5, 0.6) is 5.75 Å². The molecule has 5 nitrogen and oxygen atoms in total. The normalized spacial score (nSPS) is 20.9. The number of hydrogen-bond acceptors (Lipinski definition) is 4. The van der Waals surface area contributed by atoms with Crippen molar-refractivity contribution in [2.45, 2.75) is 43.7 Å². The van der Waals surface area contributed by atoms with Gasteiger partial charge in [-0.2, -0.15) is 0 Å². The quantitative estimate of drug-likeness (QED) is 0.623. The maximum absolute atomic E-state index is 11.8. The van der Waals surface area contributed by atoms with Crippen LogP contribution < -0.4 is 10.1 Å². The molecule has 1 saturated carbocycles. The smallest absolute Gasteiger partial charge is 0.226 e. The molecule has 0 unspecified atom stereocenters. The molecule has 0 spiro atoms. The summed E-state index contributed by atoms with van der Waals surface area (Å²) in [5.41, 5.74) is 2.50. The summed E-state index contributed by atoms with van der Waals surface area (Å²) in [6.45, 7) is 3.93. The van der Waals surface area contributed by atoms with E-state index in [1.165, 1.54) is 24.8 Å². The van der Waals surface area contributed by atoms with E-state index in [1.54, 1.807) is 19.0 Å².